The highest BCUT2D eigenvalue weighted by molar-refractivity contribution is 5.89. The maximum absolute atomic E-state index is 11.4. The first-order chi connectivity index (χ1) is 9.62. The van der Waals surface area contributed by atoms with Crippen molar-refractivity contribution in [3.05, 3.63) is 52.1 Å². The predicted octanol–water partition coefficient (Wildman–Crippen LogP) is 1.91. The number of ether oxygens (including phenoxy) is 2. The number of hydrogen-bond acceptors (Lipinski definition) is 5. The van der Waals surface area contributed by atoms with Gasteiger partial charge in [0, 0.05) is 6.42 Å². The maximum Gasteiger partial charge on any atom is 0.337 e. The molecule has 1 heterocycles. The fourth-order valence-electron chi connectivity index (χ4n) is 1.60. The zero-order valence-electron chi connectivity index (χ0n) is 11.2. The summed E-state index contributed by atoms with van der Waals surface area (Å²) in [6.45, 7) is 1.88. The third-order valence-corrected chi connectivity index (χ3v) is 2.60. The van der Waals surface area contributed by atoms with Gasteiger partial charge in [0.15, 0.2) is 0 Å². The summed E-state index contributed by atoms with van der Waals surface area (Å²) in [5, 5.41) is 0. The van der Waals surface area contributed by atoms with Crippen molar-refractivity contribution in [2.24, 2.45) is 0 Å². The van der Waals surface area contributed by atoms with E-state index in [9.17, 15) is 9.59 Å². The molecular formula is C14H14N2O4. The van der Waals surface area contributed by atoms with Crippen LogP contribution in [0, 0.1) is 0 Å². The number of carbonyl (C=O) groups excluding carboxylic acids is 1. The van der Waals surface area contributed by atoms with E-state index < -0.39 is 5.97 Å². The highest BCUT2D eigenvalue weighted by atomic mass is 16.5. The number of benzene rings is 1. The Hall–Kier alpha value is -2.63. The SMILES string of the molecule is CCc1nc(Oc2ccc(C(=O)OC)cc2)cc(=O)[nH]1. The quantitative estimate of drug-likeness (QED) is 0.861. The molecule has 1 aromatic heterocycles. The first-order valence-corrected chi connectivity index (χ1v) is 6.09. The number of aromatic amines is 1. The zero-order valence-corrected chi connectivity index (χ0v) is 11.2. The number of nitrogens with zero attached hydrogens (tertiary/aromatic N) is 1. The molecule has 104 valence electrons. The molecule has 2 aromatic rings. The summed E-state index contributed by atoms with van der Waals surface area (Å²) in [5.41, 5.74) is 0.158. The summed E-state index contributed by atoms with van der Waals surface area (Å²) in [4.78, 5) is 29.5. The maximum atomic E-state index is 11.4. The molecule has 6 heteroatoms. The van der Waals surface area contributed by atoms with E-state index in [0.29, 0.717) is 23.6 Å². The van der Waals surface area contributed by atoms with Crippen LogP contribution in [-0.2, 0) is 11.2 Å². The van der Waals surface area contributed by atoms with Gasteiger partial charge in [-0.15, -0.1) is 0 Å². The molecule has 0 fully saturated rings. The van der Waals surface area contributed by atoms with Gasteiger partial charge in [0.1, 0.15) is 11.6 Å². The zero-order chi connectivity index (χ0) is 14.5. The third kappa shape index (κ3) is 3.23. The van der Waals surface area contributed by atoms with Gasteiger partial charge in [-0.2, -0.15) is 4.98 Å². The van der Waals surface area contributed by atoms with Crippen molar-refractivity contribution in [2.45, 2.75) is 13.3 Å². The van der Waals surface area contributed by atoms with Gasteiger partial charge in [-0.25, -0.2) is 4.79 Å². The van der Waals surface area contributed by atoms with E-state index in [1.54, 1.807) is 24.3 Å². The molecule has 20 heavy (non-hydrogen) atoms. The average molecular weight is 274 g/mol. The molecule has 0 aliphatic rings. The predicted molar refractivity (Wildman–Crippen MR) is 72.1 cm³/mol. The summed E-state index contributed by atoms with van der Waals surface area (Å²) in [5.74, 6) is 0.840. The Kier molecular flexibility index (Phi) is 4.14. The average Bonchev–Trinajstić information content (AvgIpc) is 2.46. The Labute approximate surface area is 115 Å². The van der Waals surface area contributed by atoms with Crippen LogP contribution < -0.4 is 10.3 Å². The van der Waals surface area contributed by atoms with Crippen molar-refractivity contribution in [3.8, 4) is 11.6 Å². The van der Waals surface area contributed by atoms with E-state index in [2.05, 4.69) is 14.7 Å². The fraction of sp³-hybridized carbons (Fsp3) is 0.214. The minimum atomic E-state index is -0.418. The molecule has 0 saturated carbocycles. The lowest BCUT2D eigenvalue weighted by atomic mass is 10.2. The van der Waals surface area contributed by atoms with Gasteiger partial charge in [0.2, 0.25) is 5.88 Å². The molecule has 1 aromatic carbocycles. The van der Waals surface area contributed by atoms with E-state index >= 15 is 0 Å². The van der Waals surface area contributed by atoms with Gasteiger partial charge < -0.3 is 14.5 Å². The van der Waals surface area contributed by atoms with Crippen LogP contribution in [0.4, 0.5) is 0 Å². The topological polar surface area (TPSA) is 81.3 Å². The van der Waals surface area contributed by atoms with Crippen molar-refractivity contribution < 1.29 is 14.3 Å². The summed E-state index contributed by atoms with van der Waals surface area (Å²) >= 11 is 0. The van der Waals surface area contributed by atoms with Gasteiger partial charge in [0.05, 0.1) is 18.7 Å². The second-order valence-corrected chi connectivity index (χ2v) is 4.00. The number of hydrogen-bond donors (Lipinski definition) is 1. The fourth-order valence-corrected chi connectivity index (χ4v) is 1.60. The molecule has 0 amide bonds. The highest BCUT2D eigenvalue weighted by Crippen LogP contribution is 2.19. The number of aromatic nitrogens is 2. The number of aryl methyl sites for hydroxylation is 1. The molecule has 0 unspecified atom stereocenters. The first-order valence-electron chi connectivity index (χ1n) is 6.09. The number of nitrogens with one attached hydrogen (secondary N) is 1. The van der Waals surface area contributed by atoms with E-state index in [-0.39, 0.29) is 11.4 Å². The number of methoxy groups -OCH3 is 1. The number of H-pyrrole nitrogens is 1. The smallest absolute Gasteiger partial charge is 0.337 e. The Morgan fingerprint density at radius 3 is 2.60 bits per heavy atom. The van der Waals surface area contributed by atoms with Crippen molar-refractivity contribution >= 4 is 5.97 Å². The van der Waals surface area contributed by atoms with E-state index in [4.69, 9.17) is 4.74 Å². The van der Waals surface area contributed by atoms with Crippen LogP contribution in [0.3, 0.4) is 0 Å². The van der Waals surface area contributed by atoms with Crippen LogP contribution >= 0.6 is 0 Å². The summed E-state index contributed by atoms with van der Waals surface area (Å²) in [7, 11) is 1.32. The number of esters is 1. The Morgan fingerprint density at radius 1 is 1.30 bits per heavy atom. The standard InChI is InChI=1S/C14H14N2O4/c1-3-11-15-12(17)8-13(16-11)20-10-6-4-9(5-7-10)14(18)19-2/h4-8H,3H2,1-2H3,(H,15,16,17). The minimum absolute atomic E-state index is 0.219. The van der Waals surface area contributed by atoms with Gasteiger partial charge in [-0.3, -0.25) is 4.79 Å². The van der Waals surface area contributed by atoms with Crippen molar-refractivity contribution in [1.82, 2.24) is 9.97 Å². The number of carbonyl (C=O) groups is 1. The molecule has 0 bridgehead atoms. The van der Waals surface area contributed by atoms with Gasteiger partial charge in [0.25, 0.3) is 5.56 Å². The van der Waals surface area contributed by atoms with Crippen LogP contribution in [-0.4, -0.2) is 23.0 Å². The molecule has 0 saturated heterocycles. The molecule has 1 N–H and O–H groups in total. The van der Waals surface area contributed by atoms with Crippen LogP contribution in [0.25, 0.3) is 0 Å². The van der Waals surface area contributed by atoms with Crippen LogP contribution in [0.1, 0.15) is 23.1 Å². The second-order valence-electron chi connectivity index (χ2n) is 4.00. The second kappa shape index (κ2) is 6.01. The summed E-state index contributed by atoms with van der Waals surface area (Å²) < 4.78 is 10.1. The largest absolute Gasteiger partial charge is 0.465 e. The Bertz CT molecular complexity index is 662. The third-order valence-electron chi connectivity index (χ3n) is 2.60. The van der Waals surface area contributed by atoms with Crippen LogP contribution in [0.5, 0.6) is 11.6 Å². The lowest BCUT2D eigenvalue weighted by Gasteiger charge is -2.06. The number of rotatable bonds is 4. The van der Waals surface area contributed by atoms with Crippen molar-refractivity contribution in [2.75, 3.05) is 7.11 Å². The van der Waals surface area contributed by atoms with Gasteiger partial charge in [-0.1, -0.05) is 6.92 Å². The summed E-state index contributed by atoms with van der Waals surface area (Å²) in [6.07, 6.45) is 0.605. The van der Waals surface area contributed by atoms with Crippen LogP contribution in [0.15, 0.2) is 35.1 Å². The van der Waals surface area contributed by atoms with Crippen molar-refractivity contribution in [1.29, 1.82) is 0 Å². The summed E-state index contributed by atoms with van der Waals surface area (Å²) in [6, 6.07) is 7.65. The minimum Gasteiger partial charge on any atom is -0.465 e. The molecule has 0 radical (unpaired) electrons. The highest BCUT2D eigenvalue weighted by Gasteiger charge is 2.06. The molecule has 0 spiro atoms. The molecule has 2 rings (SSSR count). The lowest BCUT2D eigenvalue weighted by Crippen LogP contribution is -2.10. The Morgan fingerprint density at radius 2 is 2.00 bits per heavy atom. The lowest BCUT2D eigenvalue weighted by molar-refractivity contribution is 0.0600. The Balaban J connectivity index is 2.20. The first kappa shape index (κ1) is 13.8. The molecule has 0 aliphatic heterocycles. The monoisotopic (exact) mass is 274 g/mol. The van der Waals surface area contributed by atoms with Gasteiger partial charge in [-0.05, 0) is 24.3 Å². The van der Waals surface area contributed by atoms with E-state index in [0.717, 1.165) is 0 Å². The molecule has 0 aliphatic carbocycles. The molecule has 0 atom stereocenters. The van der Waals surface area contributed by atoms with E-state index in [1.165, 1.54) is 13.2 Å². The van der Waals surface area contributed by atoms with Gasteiger partial charge >= 0.3 is 5.97 Å². The van der Waals surface area contributed by atoms with E-state index in [1.807, 2.05) is 6.92 Å². The normalized spacial score (nSPS) is 10.1. The molecular weight excluding hydrogens is 260 g/mol. The van der Waals surface area contributed by atoms with Crippen molar-refractivity contribution in [3.63, 3.8) is 0 Å². The molecule has 6 nitrogen and oxygen atoms in total. The van der Waals surface area contributed by atoms with Crippen LogP contribution in [0.2, 0.25) is 0 Å².